The van der Waals surface area contributed by atoms with Crippen LogP contribution in [-0.4, -0.2) is 46.7 Å². The summed E-state index contributed by atoms with van der Waals surface area (Å²) in [5, 5.41) is 18.9. The second-order valence-electron chi connectivity index (χ2n) is 4.50. The zero-order chi connectivity index (χ0) is 10.6. The first-order valence-electron chi connectivity index (χ1n) is 4.70. The molecule has 0 amide bonds. The summed E-state index contributed by atoms with van der Waals surface area (Å²) in [6.45, 7) is 4.90. The minimum Gasteiger partial charge on any atom is -0.393 e. The van der Waals surface area contributed by atoms with Crippen LogP contribution < -0.4 is 0 Å². The summed E-state index contributed by atoms with van der Waals surface area (Å²) >= 11 is 0. The monoisotopic (exact) mass is 204 g/mol. The van der Waals surface area contributed by atoms with Crippen LogP contribution in [0.1, 0.15) is 20.8 Å². The standard InChI is InChI=1S/C9H16O5/c1-8(2)12-5-6(11)9(3,4-10)14-7(5)13-8/h5-7,10-11H,4H2,1-3H3/t5-,6+,7+,9-/m1/s1. The van der Waals surface area contributed by atoms with Crippen LogP contribution in [-0.2, 0) is 14.2 Å². The fourth-order valence-corrected chi connectivity index (χ4v) is 1.88. The van der Waals surface area contributed by atoms with Crippen LogP contribution in [0, 0.1) is 0 Å². The van der Waals surface area contributed by atoms with E-state index in [-0.39, 0.29) is 6.61 Å². The Morgan fingerprint density at radius 3 is 2.29 bits per heavy atom. The van der Waals surface area contributed by atoms with E-state index in [1.165, 1.54) is 0 Å². The Kier molecular flexibility index (Phi) is 2.14. The molecule has 2 heterocycles. The average molecular weight is 204 g/mol. The average Bonchev–Trinajstić information content (AvgIpc) is 2.48. The number of hydrogen-bond donors (Lipinski definition) is 2. The van der Waals surface area contributed by atoms with Crippen LogP contribution in [0.5, 0.6) is 0 Å². The van der Waals surface area contributed by atoms with Crippen molar-refractivity contribution in [2.75, 3.05) is 6.61 Å². The molecule has 82 valence electrons. The molecule has 5 heteroatoms. The van der Waals surface area contributed by atoms with Gasteiger partial charge in [0, 0.05) is 0 Å². The van der Waals surface area contributed by atoms with Gasteiger partial charge in [-0.2, -0.15) is 0 Å². The van der Waals surface area contributed by atoms with Crippen LogP contribution in [0.15, 0.2) is 0 Å². The van der Waals surface area contributed by atoms with Crippen LogP contribution in [0.4, 0.5) is 0 Å². The van der Waals surface area contributed by atoms with E-state index in [0.717, 1.165) is 0 Å². The first-order valence-corrected chi connectivity index (χ1v) is 4.70. The predicted molar refractivity (Wildman–Crippen MR) is 46.4 cm³/mol. The Morgan fingerprint density at radius 2 is 1.79 bits per heavy atom. The molecule has 0 saturated carbocycles. The second-order valence-corrected chi connectivity index (χ2v) is 4.50. The highest BCUT2D eigenvalue weighted by Gasteiger charge is 2.59. The smallest absolute Gasteiger partial charge is 0.190 e. The highest BCUT2D eigenvalue weighted by atomic mass is 16.8. The lowest BCUT2D eigenvalue weighted by Crippen LogP contribution is -2.45. The molecule has 0 bridgehead atoms. The third kappa shape index (κ3) is 1.36. The number of rotatable bonds is 1. The topological polar surface area (TPSA) is 68.2 Å². The molecule has 2 fully saturated rings. The molecule has 2 aliphatic rings. The molecule has 2 saturated heterocycles. The summed E-state index contributed by atoms with van der Waals surface area (Å²) in [6, 6.07) is 0. The van der Waals surface area contributed by atoms with Gasteiger partial charge in [-0.25, -0.2) is 0 Å². The lowest BCUT2D eigenvalue weighted by Gasteiger charge is -2.29. The normalized spacial score (nSPS) is 50.8. The van der Waals surface area contributed by atoms with Gasteiger partial charge in [0.25, 0.3) is 0 Å². The van der Waals surface area contributed by atoms with Crippen LogP contribution in [0.25, 0.3) is 0 Å². The van der Waals surface area contributed by atoms with Gasteiger partial charge < -0.3 is 24.4 Å². The van der Waals surface area contributed by atoms with E-state index >= 15 is 0 Å². The van der Waals surface area contributed by atoms with Crippen LogP contribution in [0.2, 0.25) is 0 Å². The molecule has 0 radical (unpaired) electrons. The fraction of sp³-hybridized carbons (Fsp3) is 1.00. The first-order chi connectivity index (χ1) is 6.38. The molecular formula is C9H16O5. The van der Waals surface area contributed by atoms with Gasteiger partial charge in [-0.1, -0.05) is 0 Å². The van der Waals surface area contributed by atoms with E-state index in [4.69, 9.17) is 19.3 Å². The minimum absolute atomic E-state index is 0.256. The largest absolute Gasteiger partial charge is 0.393 e. The van der Waals surface area contributed by atoms with Crippen molar-refractivity contribution >= 4 is 0 Å². The molecule has 0 aliphatic carbocycles. The van der Waals surface area contributed by atoms with E-state index < -0.39 is 29.9 Å². The van der Waals surface area contributed by atoms with Gasteiger partial charge >= 0.3 is 0 Å². The molecule has 14 heavy (non-hydrogen) atoms. The van der Waals surface area contributed by atoms with Crippen molar-refractivity contribution < 1.29 is 24.4 Å². The summed E-state index contributed by atoms with van der Waals surface area (Å²) < 4.78 is 16.3. The Balaban J connectivity index is 2.15. The van der Waals surface area contributed by atoms with E-state index in [2.05, 4.69) is 0 Å². The summed E-state index contributed by atoms with van der Waals surface area (Å²) in [7, 11) is 0. The van der Waals surface area contributed by atoms with Crippen molar-refractivity contribution in [2.24, 2.45) is 0 Å². The second kappa shape index (κ2) is 2.90. The van der Waals surface area contributed by atoms with Crippen LogP contribution >= 0.6 is 0 Å². The van der Waals surface area contributed by atoms with Gasteiger partial charge in [-0.05, 0) is 20.8 Å². The number of aliphatic hydroxyl groups excluding tert-OH is 2. The van der Waals surface area contributed by atoms with Crippen molar-refractivity contribution in [1.29, 1.82) is 0 Å². The van der Waals surface area contributed by atoms with Gasteiger partial charge in [-0.15, -0.1) is 0 Å². The quantitative estimate of drug-likeness (QED) is 0.608. The van der Waals surface area contributed by atoms with Crippen molar-refractivity contribution in [3.05, 3.63) is 0 Å². The highest BCUT2D eigenvalue weighted by Crippen LogP contribution is 2.41. The summed E-state index contributed by atoms with van der Waals surface area (Å²) in [6.07, 6.45) is -1.96. The van der Waals surface area contributed by atoms with Gasteiger partial charge in [-0.3, -0.25) is 0 Å². The number of hydrogen-bond acceptors (Lipinski definition) is 5. The van der Waals surface area contributed by atoms with Crippen LogP contribution in [0.3, 0.4) is 0 Å². The SMILES string of the molecule is CC1(C)O[C@H]2O[C@](C)(CO)[C@@H](O)[C@H]2O1. The maximum atomic E-state index is 9.86. The molecule has 2 N–H and O–H groups in total. The molecule has 4 atom stereocenters. The van der Waals surface area contributed by atoms with Crippen molar-refractivity contribution in [1.82, 2.24) is 0 Å². The molecule has 0 aromatic heterocycles. The van der Waals surface area contributed by atoms with Crippen molar-refractivity contribution in [2.45, 2.75) is 50.7 Å². The number of aliphatic hydroxyl groups is 2. The Bertz CT molecular complexity index is 241. The van der Waals surface area contributed by atoms with E-state index in [1.54, 1.807) is 20.8 Å². The number of fused-ring (bicyclic) bond motifs is 1. The Hall–Kier alpha value is -0.200. The zero-order valence-corrected chi connectivity index (χ0v) is 8.56. The van der Waals surface area contributed by atoms with Crippen molar-refractivity contribution in [3.63, 3.8) is 0 Å². The van der Waals surface area contributed by atoms with E-state index in [0.29, 0.717) is 0 Å². The molecule has 0 unspecified atom stereocenters. The maximum Gasteiger partial charge on any atom is 0.190 e. The molecule has 5 nitrogen and oxygen atoms in total. The first kappa shape index (κ1) is 10.3. The molecule has 0 aromatic rings. The summed E-state index contributed by atoms with van der Waals surface area (Å²) in [5.41, 5.74) is -0.980. The van der Waals surface area contributed by atoms with Gasteiger partial charge in [0.15, 0.2) is 12.1 Å². The Labute approximate surface area is 82.6 Å². The van der Waals surface area contributed by atoms with Gasteiger partial charge in [0.2, 0.25) is 0 Å². The predicted octanol–water partition coefficient (Wildman–Crippen LogP) is -0.394. The lowest BCUT2D eigenvalue weighted by atomic mass is 9.99. The Morgan fingerprint density at radius 1 is 1.14 bits per heavy atom. The minimum atomic E-state index is -0.980. The number of ether oxygens (including phenoxy) is 3. The third-order valence-corrected chi connectivity index (χ3v) is 2.72. The summed E-state index contributed by atoms with van der Waals surface area (Å²) in [4.78, 5) is 0. The van der Waals surface area contributed by atoms with Gasteiger partial charge in [0.1, 0.15) is 17.8 Å². The maximum absolute atomic E-state index is 9.86. The molecule has 2 rings (SSSR count). The lowest BCUT2D eigenvalue weighted by molar-refractivity contribution is -0.241. The third-order valence-electron chi connectivity index (χ3n) is 2.72. The van der Waals surface area contributed by atoms with E-state index in [9.17, 15) is 5.11 Å². The molecule has 2 aliphatic heterocycles. The zero-order valence-electron chi connectivity index (χ0n) is 8.56. The highest BCUT2D eigenvalue weighted by molar-refractivity contribution is 5.00. The van der Waals surface area contributed by atoms with E-state index in [1.807, 2.05) is 0 Å². The molecule has 0 spiro atoms. The van der Waals surface area contributed by atoms with Gasteiger partial charge in [0.05, 0.1) is 6.61 Å². The molecular weight excluding hydrogens is 188 g/mol. The van der Waals surface area contributed by atoms with Crippen molar-refractivity contribution in [3.8, 4) is 0 Å². The fourth-order valence-electron chi connectivity index (χ4n) is 1.88. The summed E-state index contributed by atoms with van der Waals surface area (Å²) in [5.74, 6) is -0.729. The molecule has 0 aromatic carbocycles.